The molecule has 2 N–H and O–H groups in total. The monoisotopic (exact) mass is 344 g/mol. The van der Waals surface area contributed by atoms with Crippen LogP contribution < -0.4 is 5.73 Å². The molecule has 0 saturated carbocycles. The highest BCUT2D eigenvalue weighted by atomic mass is 16.2. The molecule has 1 aliphatic rings. The summed E-state index contributed by atoms with van der Waals surface area (Å²) >= 11 is 0. The fourth-order valence-electron chi connectivity index (χ4n) is 3.96. The highest BCUT2D eigenvalue weighted by Crippen LogP contribution is 2.30. The zero-order valence-corrected chi connectivity index (χ0v) is 15.0. The van der Waals surface area contributed by atoms with Crippen molar-refractivity contribution in [3.63, 3.8) is 0 Å². The predicted molar refractivity (Wildman–Crippen MR) is 106 cm³/mol. The first-order chi connectivity index (χ1) is 12.6. The summed E-state index contributed by atoms with van der Waals surface area (Å²) in [4.78, 5) is 15.0. The van der Waals surface area contributed by atoms with Crippen LogP contribution in [-0.4, -0.2) is 29.9 Å². The first-order valence-electron chi connectivity index (χ1n) is 9.21. The van der Waals surface area contributed by atoms with Crippen LogP contribution in [0.5, 0.6) is 0 Å². The first-order valence-corrected chi connectivity index (χ1v) is 9.21. The maximum atomic E-state index is 13.1. The zero-order chi connectivity index (χ0) is 18.1. The Morgan fingerprint density at radius 1 is 0.962 bits per heavy atom. The first kappa shape index (κ1) is 16.8. The Bertz CT molecular complexity index is 922. The van der Waals surface area contributed by atoms with Crippen LogP contribution in [0.2, 0.25) is 0 Å². The van der Waals surface area contributed by atoms with Crippen LogP contribution >= 0.6 is 0 Å². The van der Waals surface area contributed by atoms with E-state index < -0.39 is 0 Å². The third kappa shape index (κ3) is 3.11. The summed E-state index contributed by atoms with van der Waals surface area (Å²) in [6, 6.07) is 24.8. The zero-order valence-electron chi connectivity index (χ0n) is 15.0. The minimum atomic E-state index is -0.165. The number of fused-ring (bicyclic) bond motifs is 1. The molecular formula is C23H24N2O. The van der Waals surface area contributed by atoms with Gasteiger partial charge in [-0.25, -0.2) is 0 Å². The van der Waals surface area contributed by atoms with E-state index in [0.29, 0.717) is 13.1 Å². The van der Waals surface area contributed by atoms with Crippen molar-refractivity contribution in [3.8, 4) is 0 Å². The van der Waals surface area contributed by atoms with E-state index in [-0.39, 0.29) is 23.8 Å². The van der Waals surface area contributed by atoms with Crippen LogP contribution in [0.1, 0.15) is 29.9 Å². The molecule has 1 saturated heterocycles. The molecule has 1 fully saturated rings. The lowest BCUT2D eigenvalue weighted by Gasteiger charge is -2.21. The average Bonchev–Trinajstić information content (AvgIpc) is 3.09. The summed E-state index contributed by atoms with van der Waals surface area (Å²) in [5, 5.41) is 2.37. The minimum Gasteiger partial charge on any atom is -0.340 e. The predicted octanol–water partition coefficient (Wildman–Crippen LogP) is 3.90. The lowest BCUT2D eigenvalue weighted by molar-refractivity contribution is -0.131. The second-order valence-electron chi connectivity index (χ2n) is 7.25. The number of benzene rings is 3. The van der Waals surface area contributed by atoms with E-state index in [4.69, 9.17) is 5.73 Å². The maximum Gasteiger partial charge on any atom is 0.229 e. The topological polar surface area (TPSA) is 46.3 Å². The van der Waals surface area contributed by atoms with Gasteiger partial charge in [0.2, 0.25) is 5.91 Å². The molecule has 3 heteroatoms. The van der Waals surface area contributed by atoms with Crippen molar-refractivity contribution in [2.24, 2.45) is 5.73 Å². The number of rotatable bonds is 3. The van der Waals surface area contributed by atoms with Crippen molar-refractivity contribution in [1.29, 1.82) is 0 Å². The molecule has 3 atom stereocenters. The molecule has 0 aliphatic carbocycles. The number of carbonyl (C=O) groups excluding carboxylic acids is 1. The Hall–Kier alpha value is -2.65. The average molecular weight is 344 g/mol. The minimum absolute atomic E-state index is 0.00912. The van der Waals surface area contributed by atoms with Crippen LogP contribution in [-0.2, 0) is 4.79 Å². The molecule has 1 aliphatic heterocycles. The summed E-state index contributed by atoms with van der Waals surface area (Å²) in [5.74, 6) is 0.208. The van der Waals surface area contributed by atoms with Gasteiger partial charge in [0, 0.05) is 25.0 Å². The number of amides is 1. The van der Waals surface area contributed by atoms with Crippen LogP contribution in [0.25, 0.3) is 10.8 Å². The third-order valence-electron chi connectivity index (χ3n) is 5.55. The van der Waals surface area contributed by atoms with E-state index in [0.717, 1.165) is 5.56 Å². The van der Waals surface area contributed by atoms with Crippen LogP contribution in [0.3, 0.4) is 0 Å². The number of nitrogens with two attached hydrogens (primary N) is 1. The Morgan fingerprint density at radius 2 is 1.65 bits per heavy atom. The molecule has 0 aromatic heterocycles. The Morgan fingerprint density at radius 3 is 2.42 bits per heavy atom. The quantitative estimate of drug-likeness (QED) is 0.783. The van der Waals surface area contributed by atoms with E-state index in [1.54, 1.807) is 0 Å². The summed E-state index contributed by atoms with van der Waals surface area (Å²) in [6.45, 7) is 3.31. The van der Waals surface area contributed by atoms with E-state index in [2.05, 4.69) is 42.5 Å². The molecule has 3 aromatic rings. The molecular weight excluding hydrogens is 320 g/mol. The van der Waals surface area contributed by atoms with Gasteiger partial charge in [-0.15, -0.1) is 0 Å². The molecule has 1 heterocycles. The fourth-order valence-corrected chi connectivity index (χ4v) is 3.96. The van der Waals surface area contributed by atoms with Gasteiger partial charge < -0.3 is 10.6 Å². The highest BCUT2D eigenvalue weighted by Gasteiger charge is 2.35. The van der Waals surface area contributed by atoms with Crippen LogP contribution in [0.4, 0.5) is 0 Å². The number of hydrogen-bond donors (Lipinski definition) is 1. The van der Waals surface area contributed by atoms with Gasteiger partial charge in [-0.3, -0.25) is 4.79 Å². The third-order valence-corrected chi connectivity index (χ3v) is 5.55. The molecule has 3 aromatic carbocycles. The van der Waals surface area contributed by atoms with Crippen LogP contribution in [0.15, 0.2) is 72.8 Å². The van der Waals surface area contributed by atoms with Gasteiger partial charge in [-0.1, -0.05) is 72.8 Å². The molecule has 0 radical (unpaired) electrons. The number of nitrogens with zero attached hydrogens (tertiary/aromatic N) is 1. The van der Waals surface area contributed by atoms with Gasteiger partial charge in [0.05, 0.1) is 5.92 Å². The molecule has 26 heavy (non-hydrogen) atoms. The molecule has 0 bridgehead atoms. The Balaban J connectivity index is 1.53. The van der Waals surface area contributed by atoms with E-state index in [1.165, 1.54) is 16.3 Å². The van der Waals surface area contributed by atoms with Crippen molar-refractivity contribution in [3.05, 3.63) is 83.9 Å². The van der Waals surface area contributed by atoms with Crippen molar-refractivity contribution in [1.82, 2.24) is 4.90 Å². The summed E-state index contributed by atoms with van der Waals surface area (Å²) in [7, 11) is 0. The van der Waals surface area contributed by atoms with Crippen molar-refractivity contribution >= 4 is 16.7 Å². The smallest absolute Gasteiger partial charge is 0.229 e. The normalized spacial score (nSPS) is 21.1. The summed E-state index contributed by atoms with van der Waals surface area (Å²) in [5.41, 5.74) is 8.64. The van der Waals surface area contributed by atoms with Crippen molar-refractivity contribution < 1.29 is 4.79 Å². The van der Waals surface area contributed by atoms with Crippen molar-refractivity contribution in [2.45, 2.75) is 24.8 Å². The van der Waals surface area contributed by atoms with E-state index in [1.807, 2.05) is 42.2 Å². The van der Waals surface area contributed by atoms with Gasteiger partial charge in [0.25, 0.3) is 0 Å². The second-order valence-corrected chi connectivity index (χ2v) is 7.25. The van der Waals surface area contributed by atoms with Crippen LogP contribution in [0, 0.1) is 0 Å². The molecule has 0 spiro atoms. The van der Waals surface area contributed by atoms with E-state index >= 15 is 0 Å². The molecule has 132 valence electrons. The number of carbonyl (C=O) groups is 1. The fraction of sp³-hybridized carbons (Fsp3) is 0.261. The van der Waals surface area contributed by atoms with E-state index in [9.17, 15) is 4.79 Å². The molecule has 3 nitrogen and oxygen atoms in total. The number of hydrogen-bond acceptors (Lipinski definition) is 2. The molecule has 1 unspecified atom stereocenters. The van der Waals surface area contributed by atoms with Gasteiger partial charge in [0.15, 0.2) is 0 Å². The lowest BCUT2D eigenvalue weighted by atomic mass is 9.95. The second kappa shape index (κ2) is 6.93. The SMILES string of the molecule is CC(C(=O)N1C[C@@H](N)[C@H](c2ccccc2)C1)c1ccc2ccccc2c1. The Kier molecular flexibility index (Phi) is 4.48. The Labute approximate surface area is 154 Å². The number of likely N-dealkylation sites (tertiary alicyclic amines) is 1. The van der Waals surface area contributed by atoms with Crippen molar-refractivity contribution in [2.75, 3.05) is 13.1 Å². The molecule has 4 rings (SSSR count). The van der Waals surface area contributed by atoms with Gasteiger partial charge >= 0.3 is 0 Å². The molecule has 1 amide bonds. The standard InChI is InChI=1S/C23H24N2O/c1-16(19-12-11-17-7-5-6-10-20(17)13-19)23(26)25-14-21(22(24)15-25)18-8-3-2-4-9-18/h2-13,16,21-22H,14-15,24H2,1H3/t16?,21-,22+/m0/s1. The lowest BCUT2D eigenvalue weighted by Crippen LogP contribution is -2.34. The maximum absolute atomic E-state index is 13.1. The van der Waals surface area contributed by atoms with Gasteiger partial charge in [-0.2, -0.15) is 0 Å². The van der Waals surface area contributed by atoms with Gasteiger partial charge in [-0.05, 0) is 28.8 Å². The highest BCUT2D eigenvalue weighted by molar-refractivity contribution is 5.88. The van der Waals surface area contributed by atoms with Gasteiger partial charge in [0.1, 0.15) is 0 Å². The summed E-state index contributed by atoms with van der Waals surface area (Å²) < 4.78 is 0. The largest absolute Gasteiger partial charge is 0.340 e. The summed E-state index contributed by atoms with van der Waals surface area (Å²) in [6.07, 6.45) is 0.